The lowest BCUT2D eigenvalue weighted by atomic mass is 9.82. The lowest BCUT2D eigenvalue weighted by molar-refractivity contribution is 0.0899. The van der Waals surface area contributed by atoms with E-state index in [2.05, 4.69) is 5.32 Å². The maximum absolute atomic E-state index is 14.1. The monoisotopic (exact) mass is 322 g/mol. The average Bonchev–Trinajstić information content (AvgIpc) is 2.93. The van der Waals surface area contributed by atoms with Crippen LogP contribution in [-0.2, 0) is 6.54 Å². The Morgan fingerprint density at radius 1 is 1.30 bits per heavy atom. The summed E-state index contributed by atoms with van der Waals surface area (Å²) < 4.78 is 32.4. The molecule has 0 spiro atoms. The Balaban J connectivity index is 2.31. The second-order valence-corrected chi connectivity index (χ2v) is 6.44. The zero-order chi connectivity index (χ0) is 17.2. The molecule has 2 aromatic rings. The number of furan rings is 1. The summed E-state index contributed by atoms with van der Waals surface area (Å²) in [6.45, 7) is 5.77. The first-order chi connectivity index (χ1) is 10.7. The van der Waals surface area contributed by atoms with Gasteiger partial charge in [0.25, 0.3) is 5.91 Å². The normalized spacial score (nSPS) is 13.0. The van der Waals surface area contributed by atoms with Crippen LogP contribution in [0.3, 0.4) is 0 Å². The number of carbonyl (C=O) groups is 1. The first-order valence-corrected chi connectivity index (χ1v) is 7.25. The molecule has 1 heterocycles. The molecule has 0 fully saturated rings. The molecule has 1 aromatic carbocycles. The lowest BCUT2D eigenvalue weighted by Crippen LogP contribution is -2.37. The van der Waals surface area contributed by atoms with Gasteiger partial charge in [0.05, 0.1) is 18.2 Å². The highest BCUT2D eigenvalue weighted by atomic mass is 19.1. The van der Waals surface area contributed by atoms with Crippen LogP contribution in [-0.4, -0.2) is 5.91 Å². The molecule has 0 aliphatic rings. The quantitative estimate of drug-likeness (QED) is 0.905. The molecule has 1 unspecified atom stereocenters. The molecular formula is C17H20F2N2O2. The molecule has 1 aromatic heterocycles. The van der Waals surface area contributed by atoms with E-state index in [0.717, 1.165) is 6.07 Å². The number of nitrogens with two attached hydrogens (primary N) is 1. The maximum atomic E-state index is 14.1. The first kappa shape index (κ1) is 17.1. The minimum atomic E-state index is -0.694. The summed E-state index contributed by atoms with van der Waals surface area (Å²) in [7, 11) is 0. The molecule has 1 atom stereocenters. The van der Waals surface area contributed by atoms with Gasteiger partial charge < -0.3 is 15.5 Å². The van der Waals surface area contributed by atoms with Gasteiger partial charge in [-0.25, -0.2) is 8.78 Å². The van der Waals surface area contributed by atoms with Crippen molar-refractivity contribution in [1.29, 1.82) is 0 Å². The van der Waals surface area contributed by atoms with Crippen LogP contribution in [0.2, 0.25) is 0 Å². The summed E-state index contributed by atoms with van der Waals surface area (Å²) in [6.07, 6.45) is 1.30. The fourth-order valence-corrected chi connectivity index (χ4v) is 2.32. The Labute approximate surface area is 133 Å². The van der Waals surface area contributed by atoms with E-state index in [-0.39, 0.29) is 12.1 Å². The summed E-state index contributed by atoms with van der Waals surface area (Å²) in [5.74, 6) is -1.28. The maximum Gasteiger partial charge on any atom is 0.255 e. The van der Waals surface area contributed by atoms with E-state index in [1.165, 1.54) is 24.5 Å². The lowest BCUT2D eigenvalue weighted by Gasteiger charge is -2.32. The van der Waals surface area contributed by atoms with Crippen molar-refractivity contribution in [3.8, 4) is 0 Å². The Hall–Kier alpha value is -2.21. The Bertz CT molecular complexity index is 705. The second-order valence-electron chi connectivity index (χ2n) is 6.44. The SMILES string of the molecule is CC(C)(C)C(NC(=O)c1coc(CN)c1)c1ccc(F)cc1F. The van der Waals surface area contributed by atoms with Crippen molar-refractivity contribution in [2.45, 2.75) is 33.4 Å². The van der Waals surface area contributed by atoms with Gasteiger partial charge in [0.2, 0.25) is 0 Å². The van der Waals surface area contributed by atoms with Crippen molar-refractivity contribution >= 4 is 5.91 Å². The molecule has 124 valence electrons. The summed E-state index contributed by atoms with van der Waals surface area (Å²) >= 11 is 0. The number of benzene rings is 1. The third kappa shape index (κ3) is 3.96. The Morgan fingerprint density at radius 3 is 2.52 bits per heavy atom. The second kappa shape index (κ2) is 6.50. The van der Waals surface area contributed by atoms with Crippen LogP contribution in [0.4, 0.5) is 8.78 Å². The highest BCUT2D eigenvalue weighted by Gasteiger charge is 2.30. The predicted molar refractivity (Wildman–Crippen MR) is 82.6 cm³/mol. The fraction of sp³-hybridized carbons (Fsp3) is 0.353. The number of carbonyl (C=O) groups excluding carboxylic acids is 1. The van der Waals surface area contributed by atoms with E-state index in [9.17, 15) is 13.6 Å². The Morgan fingerprint density at radius 2 is 2.00 bits per heavy atom. The first-order valence-electron chi connectivity index (χ1n) is 7.25. The third-order valence-corrected chi connectivity index (χ3v) is 3.53. The van der Waals surface area contributed by atoms with Crippen molar-refractivity contribution in [1.82, 2.24) is 5.32 Å². The molecule has 0 saturated heterocycles. The molecule has 0 bridgehead atoms. The number of halogens is 2. The van der Waals surface area contributed by atoms with Gasteiger partial charge in [-0.05, 0) is 17.5 Å². The molecule has 3 N–H and O–H groups in total. The van der Waals surface area contributed by atoms with Gasteiger partial charge in [0.1, 0.15) is 23.7 Å². The molecular weight excluding hydrogens is 302 g/mol. The van der Waals surface area contributed by atoms with Gasteiger partial charge in [-0.15, -0.1) is 0 Å². The van der Waals surface area contributed by atoms with E-state index in [4.69, 9.17) is 10.2 Å². The number of rotatable bonds is 4. The molecule has 0 radical (unpaired) electrons. The van der Waals surface area contributed by atoms with Crippen LogP contribution in [0.15, 0.2) is 34.9 Å². The van der Waals surface area contributed by atoms with Crippen LogP contribution < -0.4 is 11.1 Å². The van der Waals surface area contributed by atoms with Crippen molar-refractivity contribution in [3.63, 3.8) is 0 Å². The predicted octanol–water partition coefficient (Wildman–Crippen LogP) is 3.53. The smallest absolute Gasteiger partial charge is 0.255 e. The van der Waals surface area contributed by atoms with E-state index >= 15 is 0 Å². The Kier molecular flexibility index (Phi) is 4.85. The number of hydrogen-bond acceptors (Lipinski definition) is 3. The van der Waals surface area contributed by atoms with Gasteiger partial charge >= 0.3 is 0 Å². The molecule has 4 nitrogen and oxygen atoms in total. The average molecular weight is 322 g/mol. The minimum absolute atomic E-state index is 0.183. The van der Waals surface area contributed by atoms with Gasteiger partial charge in [-0.1, -0.05) is 26.8 Å². The largest absolute Gasteiger partial charge is 0.467 e. The van der Waals surface area contributed by atoms with Crippen LogP contribution in [0, 0.1) is 17.0 Å². The summed E-state index contributed by atoms with van der Waals surface area (Å²) in [4.78, 5) is 12.4. The topological polar surface area (TPSA) is 68.3 Å². The molecule has 2 rings (SSSR count). The van der Waals surface area contributed by atoms with E-state index in [1.807, 2.05) is 20.8 Å². The highest BCUT2D eigenvalue weighted by molar-refractivity contribution is 5.94. The highest BCUT2D eigenvalue weighted by Crippen LogP contribution is 2.34. The number of amides is 1. The zero-order valence-corrected chi connectivity index (χ0v) is 13.3. The molecule has 23 heavy (non-hydrogen) atoms. The molecule has 6 heteroatoms. The van der Waals surface area contributed by atoms with Crippen molar-refractivity contribution in [3.05, 3.63) is 59.1 Å². The van der Waals surface area contributed by atoms with Gasteiger partial charge in [0.15, 0.2) is 0 Å². The molecule has 0 aliphatic heterocycles. The van der Waals surface area contributed by atoms with E-state index in [1.54, 1.807) is 0 Å². The molecule has 0 aliphatic carbocycles. The van der Waals surface area contributed by atoms with Crippen LogP contribution in [0.5, 0.6) is 0 Å². The zero-order valence-electron chi connectivity index (χ0n) is 13.3. The van der Waals surface area contributed by atoms with E-state index in [0.29, 0.717) is 11.3 Å². The van der Waals surface area contributed by atoms with Crippen LogP contribution in [0.25, 0.3) is 0 Å². The third-order valence-electron chi connectivity index (χ3n) is 3.53. The van der Waals surface area contributed by atoms with Crippen molar-refractivity contribution < 1.29 is 18.0 Å². The van der Waals surface area contributed by atoms with Gasteiger partial charge in [-0.2, -0.15) is 0 Å². The number of hydrogen-bond donors (Lipinski definition) is 2. The fourth-order valence-electron chi connectivity index (χ4n) is 2.32. The summed E-state index contributed by atoms with van der Waals surface area (Å²) in [6, 6.07) is 4.24. The van der Waals surface area contributed by atoms with Crippen molar-refractivity contribution in [2.75, 3.05) is 0 Å². The van der Waals surface area contributed by atoms with Crippen molar-refractivity contribution in [2.24, 2.45) is 11.1 Å². The minimum Gasteiger partial charge on any atom is -0.467 e. The van der Waals surface area contributed by atoms with Crippen LogP contribution in [0.1, 0.15) is 48.5 Å². The van der Waals surface area contributed by atoms with Gasteiger partial charge in [0, 0.05) is 11.6 Å². The number of nitrogens with one attached hydrogen (secondary N) is 1. The standard InChI is InChI=1S/C17H20F2N2O2/c1-17(2,3)15(13-5-4-11(18)7-14(13)19)21-16(22)10-6-12(8-20)23-9-10/h4-7,9,15H,8,20H2,1-3H3,(H,21,22). The van der Waals surface area contributed by atoms with Crippen LogP contribution >= 0.6 is 0 Å². The summed E-state index contributed by atoms with van der Waals surface area (Å²) in [5, 5.41) is 2.79. The molecule has 0 saturated carbocycles. The molecule has 1 amide bonds. The van der Waals surface area contributed by atoms with Gasteiger partial charge in [-0.3, -0.25) is 4.79 Å². The summed E-state index contributed by atoms with van der Waals surface area (Å²) in [5.41, 5.74) is 5.51. The van der Waals surface area contributed by atoms with E-state index < -0.39 is 29.0 Å².